The molecule has 1 aliphatic rings. The van der Waals surface area contributed by atoms with Gasteiger partial charge in [-0.15, -0.1) is 11.8 Å². The van der Waals surface area contributed by atoms with Crippen molar-refractivity contribution in [2.24, 2.45) is 0 Å². The number of hydrogen-bond donors (Lipinski definition) is 1. The van der Waals surface area contributed by atoms with Crippen molar-refractivity contribution in [2.45, 2.75) is 10.9 Å². The fraction of sp³-hybridized carbons (Fsp3) is 0.350. The molecule has 1 heterocycles. The van der Waals surface area contributed by atoms with E-state index in [0.717, 1.165) is 23.5 Å². The molecule has 1 fully saturated rings. The van der Waals surface area contributed by atoms with Crippen molar-refractivity contribution < 1.29 is 13.9 Å². The zero-order valence-electron chi connectivity index (χ0n) is 14.6. The van der Waals surface area contributed by atoms with Crippen LogP contribution in [0.1, 0.15) is 11.6 Å². The number of amides is 1. The van der Waals surface area contributed by atoms with Crippen LogP contribution in [0.3, 0.4) is 0 Å². The lowest BCUT2D eigenvalue weighted by atomic mass is 10.0. The topological polar surface area (TPSA) is 41.6 Å². The Labute approximate surface area is 157 Å². The quantitative estimate of drug-likeness (QED) is 0.756. The van der Waals surface area contributed by atoms with Gasteiger partial charge in [0.05, 0.1) is 25.0 Å². The molecule has 2 aromatic rings. The van der Waals surface area contributed by atoms with Gasteiger partial charge in [-0.2, -0.15) is 0 Å². The van der Waals surface area contributed by atoms with Gasteiger partial charge in [0.25, 0.3) is 0 Å². The molecule has 0 saturated carbocycles. The summed E-state index contributed by atoms with van der Waals surface area (Å²) in [5, 5.41) is 3.03. The Bertz CT molecular complexity index is 691. The largest absolute Gasteiger partial charge is 0.379 e. The minimum atomic E-state index is -0.252. The average molecular weight is 374 g/mol. The van der Waals surface area contributed by atoms with Gasteiger partial charge < -0.3 is 10.1 Å². The van der Waals surface area contributed by atoms with Crippen molar-refractivity contribution in [3.8, 4) is 0 Å². The van der Waals surface area contributed by atoms with Crippen molar-refractivity contribution >= 4 is 17.7 Å². The summed E-state index contributed by atoms with van der Waals surface area (Å²) in [6.45, 7) is 3.46. The van der Waals surface area contributed by atoms with Crippen molar-refractivity contribution in [1.29, 1.82) is 0 Å². The lowest BCUT2D eigenvalue weighted by Crippen LogP contribution is -2.44. The number of halogens is 1. The maximum Gasteiger partial charge on any atom is 0.230 e. The molecule has 0 bridgehead atoms. The van der Waals surface area contributed by atoms with Crippen LogP contribution >= 0.6 is 11.8 Å². The van der Waals surface area contributed by atoms with E-state index in [4.69, 9.17) is 4.74 Å². The highest BCUT2D eigenvalue weighted by molar-refractivity contribution is 8.00. The minimum absolute atomic E-state index is 0.000718. The molecule has 3 rings (SSSR count). The van der Waals surface area contributed by atoms with Crippen LogP contribution in [0.5, 0.6) is 0 Å². The summed E-state index contributed by atoms with van der Waals surface area (Å²) in [5.74, 6) is 0.125. The van der Waals surface area contributed by atoms with Gasteiger partial charge in [0.2, 0.25) is 5.91 Å². The van der Waals surface area contributed by atoms with Crippen LogP contribution in [0.25, 0.3) is 0 Å². The van der Waals surface area contributed by atoms with Gasteiger partial charge in [-0.05, 0) is 29.8 Å². The molecule has 0 spiro atoms. The van der Waals surface area contributed by atoms with Crippen LogP contribution in [0.2, 0.25) is 0 Å². The third-order valence-electron chi connectivity index (χ3n) is 4.35. The Morgan fingerprint density at radius 1 is 1.12 bits per heavy atom. The van der Waals surface area contributed by atoms with Crippen LogP contribution in [0.15, 0.2) is 59.5 Å². The van der Waals surface area contributed by atoms with Crippen LogP contribution in [0.4, 0.5) is 4.39 Å². The number of morpholine rings is 1. The normalized spacial score (nSPS) is 16.2. The van der Waals surface area contributed by atoms with Crippen LogP contribution in [-0.2, 0) is 9.53 Å². The smallest absolute Gasteiger partial charge is 0.230 e. The Morgan fingerprint density at radius 3 is 2.50 bits per heavy atom. The number of nitrogens with zero attached hydrogens (tertiary/aromatic N) is 1. The molecule has 0 aromatic heterocycles. The summed E-state index contributed by atoms with van der Waals surface area (Å²) in [5.41, 5.74) is 1.00. The molecular weight excluding hydrogens is 351 g/mol. The van der Waals surface area contributed by atoms with Gasteiger partial charge in [0.15, 0.2) is 0 Å². The van der Waals surface area contributed by atoms with E-state index in [1.165, 1.54) is 23.9 Å². The fourth-order valence-corrected chi connectivity index (χ4v) is 3.71. The molecule has 26 heavy (non-hydrogen) atoms. The first-order valence-electron chi connectivity index (χ1n) is 8.74. The van der Waals surface area contributed by atoms with E-state index in [9.17, 15) is 9.18 Å². The molecule has 138 valence electrons. The number of carbonyl (C=O) groups is 1. The summed E-state index contributed by atoms with van der Waals surface area (Å²) < 4.78 is 18.7. The predicted octanol–water partition coefficient (Wildman–Crippen LogP) is 3.11. The van der Waals surface area contributed by atoms with Crippen LogP contribution in [-0.4, -0.2) is 49.4 Å². The zero-order chi connectivity index (χ0) is 18.2. The van der Waals surface area contributed by atoms with Gasteiger partial charge in [0, 0.05) is 24.5 Å². The molecule has 6 heteroatoms. The molecule has 1 atom stereocenters. The zero-order valence-corrected chi connectivity index (χ0v) is 15.4. The summed E-state index contributed by atoms with van der Waals surface area (Å²) >= 11 is 1.52. The summed E-state index contributed by atoms with van der Waals surface area (Å²) in [7, 11) is 0. The van der Waals surface area contributed by atoms with E-state index in [0.29, 0.717) is 25.5 Å². The van der Waals surface area contributed by atoms with Gasteiger partial charge >= 0.3 is 0 Å². The van der Waals surface area contributed by atoms with Crippen molar-refractivity contribution in [3.63, 3.8) is 0 Å². The third kappa shape index (κ3) is 5.56. The number of thioether (sulfide) groups is 1. The molecule has 0 radical (unpaired) electrons. The van der Waals surface area contributed by atoms with E-state index in [1.54, 1.807) is 12.1 Å². The Balaban J connectivity index is 1.58. The highest BCUT2D eigenvalue weighted by atomic mass is 32.2. The standard InChI is InChI=1S/C20H23FN2O2S/c21-17-8-6-16(7-9-17)19(23-10-12-25-13-11-23)14-22-20(24)15-26-18-4-2-1-3-5-18/h1-9,19H,10-15H2,(H,22,24). The Kier molecular flexibility index (Phi) is 7.05. The first-order valence-corrected chi connectivity index (χ1v) is 9.73. The highest BCUT2D eigenvalue weighted by Crippen LogP contribution is 2.22. The predicted molar refractivity (Wildman–Crippen MR) is 102 cm³/mol. The second kappa shape index (κ2) is 9.71. The third-order valence-corrected chi connectivity index (χ3v) is 5.36. The number of benzene rings is 2. The summed E-state index contributed by atoms with van der Waals surface area (Å²) in [4.78, 5) is 15.6. The molecule has 1 aliphatic heterocycles. The molecule has 4 nitrogen and oxygen atoms in total. The molecule has 1 unspecified atom stereocenters. The number of ether oxygens (including phenoxy) is 1. The van der Waals surface area contributed by atoms with Gasteiger partial charge in [-0.25, -0.2) is 4.39 Å². The molecule has 1 amide bonds. The maximum absolute atomic E-state index is 13.3. The van der Waals surface area contributed by atoms with E-state index in [1.807, 2.05) is 30.3 Å². The lowest BCUT2D eigenvalue weighted by molar-refractivity contribution is -0.118. The number of hydrogen-bond acceptors (Lipinski definition) is 4. The molecular formula is C20H23FN2O2S. The molecule has 2 aromatic carbocycles. The van der Waals surface area contributed by atoms with Gasteiger partial charge in [-0.1, -0.05) is 30.3 Å². The first-order chi connectivity index (χ1) is 12.7. The molecule has 1 saturated heterocycles. The number of rotatable bonds is 7. The average Bonchev–Trinajstić information content (AvgIpc) is 2.69. The summed E-state index contributed by atoms with van der Waals surface area (Å²) in [6.07, 6.45) is 0. The first kappa shape index (κ1) is 18.9. The van der Waals surface area contributed by atoms with E-state index in [2.05, 4.69) is 10.2 Å². The Hall–Kier alpha value is -1.89. The molecule has 0 aliphatic carbocycles. The highest BCUT2D eigenvalue weighted by Gasteiger charge is 2.23. The maximum atomic E-state index is 13.3. The monoisotopic (exact) mass is 374 g/mol. The van der Waals surface area contributed by atoms with Crippen molar-refractivity contribution in [1.82, 2.24) is 10.2 Å². The summed E-state index contributed by atoms with van der Waals surface area (Å²) in [6, 6.07) is 16.4. The second-order valence-corrected chi connectivity index (χ2v) is 7.17. The molecule has 1 N–H and O–H groups in total. The number of nitrogens with one attached hydrogen (secondary N) is 1. The van der Waals surface area contributed by atoms with Crippen molar-refractivity contribution in [3.05, 3.63) is 66.0 Å². The van der Waals surface area contributed by atoms with E-state index in [-0.39, 0.29) is 17.8 Å². The second-order valence-electron chi connectivity index (χ2n) is 6.12. The fourth-order valence-electron chi connectivity index (χ4n) is 2.96. The minimum Gasteiger partial charge on any atom is -0.379 e. The van der Waals surface area contributed by atoms with Crippen LogP contribution in [0, 0.1) is 5.82 Å². The SMILES string of the molecule is O=C(CSc1ccccc1)NCC(c1ccc(F)cc1)N1CCOCC1. The lowest BCUT2D eigenvalue weighted by Gasteiger charge is -2.35. The van der Waals surface area contributed by atoms with Gasteiger partial charge in [-0.3, -0.25) is 9.69 Å². The van der Waals surface area contributed by atoms with Gasteiger partial charge in [0.1, 0.15) is 5.82 Å². The van der Waals surface area contributed by atoms with E-state index >= 15 is 0 Å². The van der Waals surface area contributed by atoms with E-state index < -0.39 is 0 Å². The van der Waals surface area contributed by atoms with Crippen molar-refractivity contribution in [2.75, 3.05) is 38.6 Å². The van der Waals surface area contributed by atoms with Crippen LogP contribution < -0.4 is 5.32 Å². The Morgan fingerprint density at radius 2 is 1.81 bits per heavy atom. The number of carbonyl (C=O) groups excluding carboxylic acids is 1.